The Labute approximate surface area is 120 Å². The molecular weight excluding hydrogens is 276 g/mol. The van der Waals surface area contributed by atoms with Crippen LogP contribution >= 0.6 is 0 Å². The molecule has 5 heteroatoms. The number of ketones is 1. The van der Waals surface area contributed by atoms with Crippen molar-refractivity contribution in [2.24, 2.45) is 0 Å². The molecule has 3 nitrogen and oxygen atoms in total. The number of pyridine rings is 1. The molecule has 0 bridgehead atoms. The molecule has 2 aromatic rings. The Hall–Kier alpha value is -2.30. The molecule has 0 fully saturated rings. The Bertz CT molecular complexity index is 715. The first kappa shape index (κ1) is 13.7. The first-order valence-electron chi connectivity index (χ1n) is 6.78. The molecule has 1 N–H and O–H groups in total. The maximum atomic E-state index is 14.0. The number of hydrogen-bond donors (Lipinski definition) is 1. The van der Waals surface area contributed by atoms with Gasteiger partial charge >= 0.3 is 5.69 Å². The van der Waals surface area contributed by atoms with E-state index in [9.17, 15) is 18.8 Å². The third kappa shape index (κ3) is 2.39. The molecule has 1 aromatic carbocycles. The lowest BCUT2D eigenvalue weighted by Crippen LogP contribution is -2.38. The van der Waals surface area contributed by atoms with Crippen LogP contribution in [0.2, 0.25) is 0 Å². The fourth-order valence-electron chi connectivity index (χ4n) is 2.91. The normalized spacial score (nSPS) is 18.2. The van der Waals surface area contributed by atoms with Crippen molar-refractivity contribution in [2.75, 3.05) is 0 Å². The molecule has 1 aliphatic carbocycles. The van der Waals surface area contributed by atoms with E-state index < -0.39 is 11.6 Å². The van der Waals surface area contributed by atoms with Crippen LogP contribution in [-0.4, -0.2) is 11.0 Å². The topological polar surface area (TPSA) is 41.2 Å². The van der Waals surface area contributed by atoms with Gasteiger partial charge in [-0.25, -0.2) is 8.78 Å². The highest BCUT2D eigenvalue weighted by Crippen LogP contribution is 2.32. The largest absolute Gasteiger partial charge is 0.303 e. The lowest BCUT2D eigenvalue weighted by molar-refractivity contribution is -0.906. The van der Waals surface area contributed by atoms with Crippen molar-refractivity contribution in [2.45, 2.75) is 25.2 Å². The van der Waals surface area contributed by atoms with Crippen LogP contribution in [0, 0.1) is 11.6 Å². The van der Waals surface area contributed by atoms with E-state index in [-0.39, 0.29) is 29.4 Å². The number of nitrogens with zero attached hydrogens (tertiary/aromatic N) is 1. The molecule has 0 unspecified atom stereocenters. The van der Waals surface area contributed by atoms with Crippen molar-refractivity contribution < 1.29 is 23.5 Å². The van der Waals surface area contributed by atoms with E-state index in [2.05, 4.69) is 0 Å². The number of hydrogen-bond acceptors (Lipinski definition) is 2. The van der Waals surface area contributed by atoms with Crippen molar-refractivity contribution >= 4 is 5.78 Å². The second-order valence-corrected chi connectivity index (χ2v) is 5.23. The standard InChI is InChI=1S/C16H14F2NO2/c17-13-5-1-4-12(15(13)18)10-6-7-14(20)16-11(9-10)3-2-8-19(16)21/h1-5,8,10,21H,6-7,9H2/q+1/t10-/m1/s1. The van der Waals surface area contributed by atoms with E-state index in [1.165, 1.54) is 12.3 Å². The van der Waals surface area contributed by atoms with Gasteiger partial charge in [-0.15, -0.1) is 0 Å². The zero-order valence-electron chi connectivity index (χ0n) is 11.2. The summed E-state index contributed by atoms with van der Waals surface area (Å²) in [5.74, 6) is -2.21. The van der Waals surface area contributed by atoms with Crippen LogP contribution in [0.1, 0.15) is 40.4 Å². The molecule has 1 atom stereocenters. The van der Waals surface area contributed by atoms with E-state index in [1.54, 1.807) is 18.2 Å². The Morgan fingerprint density at radius 1 is 1.19 bits per heavy atom. The number of carbonyl (C=O) groups excluding carboxylic acids is 1. The predicted molar refractivity (Wildman–Crippen MR) is 70.2 cm³/mol. The molecule has 0 saturated heterocycles. The average Bonchev–Trinajstić information content (AvgIpc) is 2.62. The van der Waals surface area contributed by atoms with Gasteiger partial charge in [0.2, 0.25) is 12.0 Å². The van der Waals surface area contributed by atoms with E-state index in [0.29, 0.717) is 18.4 Å². The van der Waals surface area contributed by atoms with E-state index in [4.69, 9.17) is 0 Å². The highest BCUT2D eigenvalue weighted by atomic mass is 19.2. The van der Waals surface area contributed by atoms with E-state index >= 15 is 0 Å². The van der Waals surface area contributed by atoms with Crippen LogP contribution in [0.5, 0.6) is 0 Å². The van der Waals surface area contributed by atoms with Gasteiger partial charge in [-0.2, -0.15) is 0 Å². The second kappa shape index (κ2) is 5.24. The molecule has 108 valence electrons. The maximum absolute atomic E-state index is 14.0. The number of rotatable bonds is 1. The minimum atomic E-state index is -0.881. The lowest BCUT2D eigenvalue weighted by atomic mass is 9.90. The van der Waals surface area contributed by atoms with Gasteiger partial charge in [-0.3, -0.25) is 10.0 Å². The Morgan fingerprint density at radius 2 is 2.00 bits per heavy atom. The summed E-state index contributed by atoms with van der Waals surface area (Å²) in [7, 11) is 0. The SMILES string of the molecule is O=C1CC[C@@H](c2cccc(F)c2F)Cc2ccc[n+](O)c21. The van der Waals surface area contributed by atoms with Crippen LogP contribution in [-0.2, 0) is 6.42 Å². The molecular formula is C16H14F2NO2+. The second-order valence-electron chi connectivity index (χ2n) is 5.23. The number of carbonyl (C=O) groups is 1. The van der Waals surface area contributed by atoms with Gasteiger partial charge < -0.3 is 0 Å². The Kier molecular flexibility index (Phi) is 3.41. The molecule has 0 aliphatic heterocycles. The minimum absolute atomic E-state index is 0.188. The highest BCUT2D eigenvalue weighted by molar-refractivity contribution is 5.94. The van der Waals surface area contributed by atoms with Crippen LogP contribution in [0.3, 0.4) is 0 Å². The molecule has 3 rings (SSSR count). The number of fused-ring (bicyclic) bond motifs is 1. The summed E-state index contributed by atoms with van der Waals surface area (Å²) < 4.78 is 28.2. The van der Waals surface area contributed by atoms with Gasteiger partial charge in [0.25, 0.3) is 0 Å². The average molecular weight is 290 g/mol. The minimum Gasteiger partial charge on any atom is -0.287 e. The fourth-order valence-corrected chi connectivity index (χ4v) is 2.91. The summed E-state index contributed by atoms with van der Waals surface area (Å²) in [5, 5.41) is 9.77. The van der Waals surface area contributed by atoms with E-state index in [0.717, 1.165) is 10.8 Å². The summed E-state index contributed by atoms with van der Waals surface area (Å²) in [4.78, 5) is 12.1. The molecule has 1 aliphatic rings. The predicted octanol–water partition coefficient (Wildman–Crippen LogP) is 2.79. The van der Waals surface area contributed by atoms with Gasteiger partial charge in [0.1, 0.15) is 0 Å². The number of Topliss-reactive ketones (excluding diaryl/α,β-unsaturated/α-hetero) is 1. The first-order valence-corrected chi connectivity index (χ1v) is 6.78. The summed E-state index contributed by atoms with van der Waals surface area (Å²) in [6, 6.07) is 7.45. The molecule has 1 aromatic heterocycles. The highest BCUT2D eigenvalue weighted by Gasteiger charge is 2.32. The molecule has 0 amide bonds. The molecule has 0 saturated carbocycles. The van der Waals surface area contributed by atoms with Gasteiger partial charge in [-0.1, -0.05) is 12.1 Å². The molecule has 21 heavy (non-hydrogen) atoms. The zero-order valence-corrected chi connectivity index (χ0v) is 11.2. The molecule has 0 radical (unpaired) electrons. The quantitative estimate of drug-likeness (QED) is 0.498. The number of halogens is 2. The lowest BCUT2D eigenvalue weighted by Gasteiger charge is -2.15. The maximum Gasteiger partial charge on any atom is 0.303 e. The summed E-state index contributed by atoms with van der Waals surface area (Å²) in [5.41, 5.74) is 1.16. The van der Waals surface area contributed by atoms with Crippen molar-refractivity contribution in [3.05, 3.63) is 65.0 Å². The van der Waals surface area contributed by atoms with Gasteiger partial charge in [0.15, 0.2) is 11.6 Å². The van der Waals surface area contributed by atoms with Crippen molar-refractivity contribution in [1.29, 1.82) is 0 Å². The monoisotopic (exact) mass is 290 g/mol. The van der Waals surface area contributed by atoms with Crippen LogP contribution in [0.25, 0.3) is 0 Å². The Balaban J connectivity index is 2.04. The van der Waals surface area contributed by atoms with Gasteiger partial charge in [-0.05, 0) is 36.5 Å². The van der Waals surface area contributed by atoms with Gasteiger partial charge in [0.05, 0.1) is 0 Å². The van der Waals surface area contributed by atoms with Crippen molar-refractivity contribution in [3.63, 3.8) is 0 Å². The molecule has 0 spiro atoms. The summed E-state index contributed by atoms with van der Waals surface area (Å²) in [6.07, 6.45) is 2.40. The smallest absolute Gasteiger partial charge is 0.287 e. The number of benzene rings is 1. The van der Waals surface area contributed by atoms with E-state index in [1.807, 2.05) is 0 Å². The zero-order chi connectivity index (χ0) is 15.0. The summed E-state index contributed by atoms with van der Waals surface area (Å²) >= 11 is 0. The van der Waals surface area contributed by atoms with Crippen LogP contribution in [0.15, 0.2) is 36.5 Å². The van der Waals surface area contributed by atoms with Crippen molar-refractivity contribution in [1.82, 2.24) is 0 Å². The Morgan fingerprint density at radius 3 is 2.81 bits per heavy atom. The number of aromatic nitrogens is 1. The summed E-state index contributed by atoms with van der Waals surface area (Å²) in [6.45, 7) is 0. The third-order valence-corrected chi connectivity index (χ3v) is 3.93. The molecule has 1 heterocycles. The third-order valence-electron chi connectivity index (χ3n) is 3.93. The van der Waals surface area contributed by atoms with Crippen LogP contribution < -0.4 is 4.73 Å². The van der Waals surface area contributed by atoms with Gasteiger partial charge in [0, 0.05) is 22.8 Å². The fraction of sp³-hybridized carbons (Fsp3) is 0.250. The first-order chi connectivity index (χ1) is 10.1. The van der Waals surface area contributed by atoms with Crippen LogP contribution in [0.4, 0.5) is 8.78 Å². The van der Waals surface area contributed by atoms with Crippen molar-refractivity contribution in [3.8, 4) is 0 Å².